The average Bonchev–Trinajstić information content (AvgIpc) is 2.89. The first-order valence-corrected chi connectivity index (χ1v) is 8.27. The molecule has 0 spiro atoms. The molecule has 1 saturated carbocycles. The van der Waals surface area contributed by atoms with Gasteiger partial charge in [0.1, 0.15) is 10.7 Å². The van der Waals surface area contributed by atoms with Crippen LogP contribution in [0.3, 0.4) is 0 Å². The van der Waals surface area contributed by atoms with Crippen LogP contribution < -0.4 is 16.0 Å². The lowest BCUT2D eigenvalue weighted by Crippen LogP contribution is -2.43. The van der Waals surface area contributed by atoms with Crippen LogP contribution in [0.15, 0.2) is 0 Å². The van der Waals surface area contributed by atoms with Gasteiger partial charge in [0.15, 0.2) is 5.13 Å². The molecule has 4 N–H and O–H groups in total. The number of nitrogens with two attached hydrogens (primary N) is 1. The maximum atomic E-state index is 12.4. The van der Waals surface area contributed by atoms with E-state index >= 15 is 0 Å². The molecule has 1 heterocycles. The van der Waals surface area contributed by atoms with Crippen LogP contribution in [-0.4, -0.2) is 42.2 Å². The maximum Gasteiger partial charge on any atom is 0.265 e. The number of anilines is 2. The normalized spacial score (nSPS) is 22.0. The molecule has 2 atom stereocenters. The van der Waals surface area contributed by atoms with Crippen LogP contribution in [0.1, 0.15) is 42.3 Å². The van der Waals surface area contributed by atoms with E-state index in [9.17, 15) is 9.90 Å². The minimum atomic E-state index is -0.175. The third-order valence-electron chi connectivity index (χ3n) is 4.11. The third kappa shape index (κ3) is 3.65. The van der Waals surface area contributed by atoms with Crippen LogP contribution >= 0.6 is 11.3 Å². The number of nitrogen functional groups attached to an aromatic ring is 1. The van der Waals surface area contributed by atoms with Crippen molar-refractivity contribution in [2.24, 2.45) is 5.92 Å². The SMILES string of the molecule is CCN(C)c1nc(N)c(C(=O)NC2CCCCC2CO)s1. The second-order valence-corrected chi connectivity index (χ2v) is 6.51. The lowest BCUT2D eigenvalue weighted by Gasteiger charge is -2.30. The molecule has 21 heavy (non-hydrogen) atoms. The Balaban J connectivity index is 2.07. The van der Waals surface area contributed by atoms with Crippen LogP contribution in [0, 0.1) is 5.92 Å². The van der Waals surface area contributed by atoms with Gasteiger partial charge in [-0.3, -0.25) is 4.79 Å². The third-order valence-corrected chi connectivity index (χ3v) is 5.29. The fraction of sp³-hybridized carbons (Fsp3) is 0.714. The Morgan fingerprint density at radius 3 is 2.90 bits per heavy atom. The quantitative estimate of drug-likeness (QED) is 0.765. The number of aliphatic hydroxyl groups excluding tert-OH is 1. The lowest BCUT2D eigenvalue weighted by molar-refractivity contribution is 0.0877. The minimum absolute atomic E-state index is 0.0325. The predicted molar refractivity (Wildman–Crippen MR) is 85.8 cm³/mol. The van der Waals surface area contributed by atoms with Crippen molar-refractivity contribution in [2.75, 3.05) is 30.8 Å². The smallest absolute Gasteiger partial charge is 0.265 e. The van der Waals surface area contributed by atoms with Gasteiger partial charge >= 0.3 is 0 Å². The molecule has 0 aromatic carbocycles. The van der Waals surface area contributed by atoms with Crippen LogP contribution in [0.4, 0.5) is 10.9 Å². The van der Waals surface area contributed by atoms with E-state index in [-0.39, 0.29) is 30.3 Å². The fourth-order valence-electron chi connectivity index (χ4n) is 2.63. The number of nitrogens with zero attached hydrogens (tertiary/aromatic N) is 2. The Morgan fingerprint density at radius 2 is 2.24 bits per heavy atom. The van der Waals surface area contributed by atoms with Crippen molar-refractivity contribution in [2.45, 2.75) is 38.6 Å². The Bertz CT molecular complexity index is 491. The average molecular weight is 312 g/mol. The second kappa shape index (κ2) is 7.09. The molecule has 0 bridgehead atoms. The van der Waals surface area contributed by atoms with Gasteiger partial charge in [0, 0.05) is 32.2 Å². The molecule has 0 radical (unpaired) electrons. The number of hydrogen-bond donors (Lipinski definition) is 3. The van der Waals surface area contributed by atoms with Crippen molar-refractivity contribution >= 4 is 28.2 Å². The largest absolute Gasteiger partial charge is 0.396 e. The molecule has 7 heteroatoms. The van der Waals surface area contributed by atoms with E-state index in [0.29, 0.717) is 4.88 Å². The van der Waals surface area contributed by atoms with Crippen LogP contribution in [0.5, 0.6) is 0 Å². The van der Waals surface area contributed by atoms with Crippen LogP contribution in [0.25, 0.3) is 0 Å². The van der Waals surface area contributed by atoms with E-state index in [1.165, 1.54) is 11.3 Å². The van der Waals surface area contributed by atoms with Crippen molar-refractivity contribution in [3.63, 3.8) is 0 Å². The summed E-state index contributed by atoms with van der Waals surface area (Å²) in [4.78, 5) is 19.1. The van der Waals surface area contributed by atoms with Gasteiger partial charge < -0.3 is 21.1 Å². The van der Waals surface area contributed by atoms with Gasteiger partial charge in [-0.25, -0.2) is 4.98 Å². The second-order valence-electron chi connectivity index (χ2n) is 5.53. The molecular weight excluding hydrogens is 288 g/mol. The van der Waals surface area contributed by atoms with Gasteiger partial charge in [0.05, 0.1) is 0 Å². The Labute approximate surface area is 129 Å². The van der Waals surface area contributed by atoms with Crippen LogP contribution in [0.2, 0.25) is 0 Å². The number of hydrogen-bond acceptors (Lipinski definition) is 6. The zero-order valence-electron chi connectivity index (χ0n) is 12.6. The number of carbonyl (C=O) groups is 1. The molecule has 1 aliphatic carbocycles. The van der Waals surface area contributed by atoms with Crippen molar-refractivity contribution in [1.29, 1.82) is 0 Å². The van der Waals surface area contributed by atoms with Gasteiger partial charge in [-0.1, -0.05) is 24.2 Å². The molecule has 1 fully saturated rings. The van der Waals surface area contributed by atoms with E-state index < -0.39 is 0 Å². The van der Waals surface area contributed by atoms with E-state index in [2.05, 4.69) is 10.3 Å². The van der Waals surface area contributed by atoms with Crippen molar-refractivity contribution < 1.29 is 9.90 Å². The fourth-order valence-corrected chi connectivity index (χ4v) is 3.54. The monoisotopic (exact) mass is 312 g/mol. The van der Waals surface area contributed by atoms with E-state index in [1.807, 2.05) is 18.9 Å². The number of thiazole rings is 1. The Kier molecular flexibility index (Phi) is 5.41. The molecule has 2 unspecified atom stereocenters. The number of carbonyl (C=O) groups excluding carboxylic acids is 1. The van der Waals surface area contributed by atoms with Crippen molar-refractivity contribution in [1.82, 2.24) is 10.3 Å². The van der Waals surface area contributed by atoms with Gasteiger partial charge in [-0.2, -0.15) is 0 Å². The van der Waals surface area contributed by atoms with E-state index in [0.717, 1.165) is 37.4 Å². The summed E-state index contributed by atoms with van der Waals surface area (Å²) in [5, 5.41) is 13.2. The number of amides is 1. The highest BCUT2D eigenvalue weighted by molar-refractivity contribution is 7.18. The van der Waals surface area contributed by atoms with Gasteiger partial charge in [0.2, 0.25) is 0 Å². The summed E-state index contributed by atoms with van der Waals surface area (Å²) >= 11 is 1.31. The minimum Gasteiger partial charge on any atom is -0.396 e. The van der Waals surface area contributed by atoms with Crippen LogP contribution in [-0.2, 0) is 0 Å². The van der Waals surface area contributed by atoms with Gasteiger partial charge in [0.25, 0.3) is 5.91 Å². The molecule has 1 amide bonds. The lowest BCUT2D eigenvalue weighted by atomic mass is 9.85. The van der Waals surface area contributed by atoms with Crippen molar-refractivity contribution in [3.05, 3.63) is 4.88 Å². The molecule has 6 nitrogen and oxygen atoms in total. The number of rotatable bonds is 5. The highest BCUT2D eigenvalue weighted by Gasteiger charge is 2.27. The number of nitrogens with one attached hydrogen (secondary N) is 1. The first-order chi connectivity index (χ1) is 10.1. The summed E-state index contributed by atoms with van der Waals surface area (Å²) in [6, 6.07) is 0.0325. The summed E-state index contributed by atoms with van der Waals surface area (Å²) in [5.74, 6) is 0.255. The van der Waals surface area contributed by atoms with E-state index in [4.69, 9.17) is 5.73 Å². The molecular formula is C14H24N4O2S. The first kappa shape index (κ1) is 16.0. The van der Waals surface area contributed by atoms with Gasteiger partial charge in [-0.05, 0) is 19.8 Å². The maximum absolute atomic E-state index is 12.4. The molecule has 0 aliphatic heterocycles. The molecule has 118 valence electrons. The molecule has 2 rings (SSSR count). The summed E-state index contributed by atoms with van der Waals surface area (Å²) < 4.78 is 0. The van der Waals surface area contributed by atoms with E-state index in [1.54, 1.807) is 0 Å². The zero-order valence-corrected chi connectivity index (χ0v) is 13.4. The summed E-state index contributed by atoms with van der Waals surface area (Å²) in [5.41, 5.74) is 5.87. The highest BCUT2D eigenvalue weighted by Crippen LogP contribution is 2.29. The molecule has 0 saturated heterocycles. The topological polar surface area (TPSA) is 91.5 Å². The number of aliphatic hydroxyl groups is 1. The number of aromatic nitrogens is 1. The summed E-state index contributed by atoms with van der Waals surface area (Å²) in [6.45, 7) is 2.95. The Morgan fingerprint density at radius 1 is 1.52 bits per heavy atom. The zero-order chi connectivity index (χ0) is 15.4. The predicted octanol–water partition coefficient (Wildman–Crippen LogP) is 1.46. The Hall–Kier alpha value is -1.34. The summed E-state index contributed by atoms with van der Waals surface area (Å²) in [6.07, 6.45) is 4.08. The first-order valence-electron chi connectivity index (χ1n) is 7.46. The molecule has 1 aromatic heterocycles. The highest BCUT2D eigenvalue weighted by atomic mass is 32.1. The summed E-state index contributed by atoms with van der Waals surface area (Å²) in [7, 11) is 1.92. The van der Waals surface area contributed by atoms with Gasteiger partial charge in [-0.15, -0.1) is 0 Å². The molecule has 1 aliphatic rings. The molecule has 1 aromatic rings. The standard InChI is InChI=1S/C14H24N4O2S/c1-3-18(2)14-17-12(15)11(21-14)13(20)16-10-7-5-4-6-9(10)8-19/h9-10,19H,3-8,15H2,1-2H3,(H,16,20). The van der Waals surface area contributed by atoms with Crippen molar-refractivity contribution in [3.8, 4) is 0 Å².